The van der Waals surface area contributed by atoms with E-state index < -0.39 is 29.0 Å². The predicted octanol–water partition coefficient (Wildman–Crippen LogP) is 4.11. The summed E-state index contributed by atoms with van der Waals surface area (Å²) in [5.41, 5.74) is -0.994. The van der Waals surface area contributed by atoms with Crippen molar-refractivity contribution in [3.8, 4) is 0 Å². The summed E-state index contributed by atoms with van der Waals surface area (Å²) in [5.74, 6) is -1.83. The highest BCUT2D eigenvalue weighted by Crippen LogP contribution is 2.48. The molecule has 2 fully saturated rings. The number of hydrogen-bond donors (Lipinski definition) is 3. The smallest absolute Gasteiger partial charge is 0.342 e. The maximum absolute atomic E-state index is 14.1. The second-order valence-corrected chi connectivity index (χ2v) is 8.31. The van der Waals surface area contributed by atoms with Crippen LogP contribution in [0.4, 0.5) is 23.2 Å². The van der Waals surface area contributed by atoms with Crippen LogP contribution < -0.4 is 10.6 Å². The highest BCUT2D eigenvalue weighted by atomic mass is 19.4. The Hall–Kier alpha value is -3.43. The first-order valence-electron chi connectivity index (χ1n) is 10.1. The highest BCUT2D eigenvalue weighted by Gasteiger charge is 2.55. The Labute approximate surface area is 179 Å². The Kier molecular flexibility index (Phi) is 4.51. The van der Waals surface area contributed by atoms with Gasteiger partial charge >= 0.3 is 6.18 Å². The molecule has 3 N–H and O–H groups in total. The van der Waals surface area contributed by atoms with Crippen molar-refractivity contribution < 1.29 is 27.2 Å². The summed E-state index contributed by atoms with van der Waals surface area (Å²) in [7, 11) is 0. The lowest BCUT2D eigenvalue weighted by molar-refractivity contribution is -0.137. The maximum atomic E-state index is 14.1. The van der Waals surface area contributed by atoms with E-state index in [2.05, 4.69) is 20.6 Å². The Morgan fingerprint density at radius 2 is 1.88 bits per heavy atom. The molecule has 2 aliphatic rings. The second-order valence-electron chi connectivity index (χ2n) is 8.31. The van der Waals surface area contributed by atoms with Crippen LogP contribution in [-0.4, -0.2) is 27.3 Å². The number of imidazole rings is 1. The first-order chi connectivity index (χ1) is 15.2. The Bertz CT molecular complexity index is 1200. The monoisotopic (exact) mass is 446 g/mol. The van der Waals surface area contributed by atoms with E-state index in [0.29, 0.717) is 37.2 Å². The molecule has 166 valence electrons. The van der Waals surface area contributed by atoms with Gasteiger partial charge in [0.1, 0.15) is 17.2 Å². The van der Waals surface area contributed by atoms with E-state index in [1.165, 1.54) is 0 Å². The van der Waals surface area contributed by atoms with Crippen LogP contribution in [0.1, 0.15) is 36.6 Å². The quantitative estimate of drug-likeness (QED) is 0.516. The molecule has 10 heteroatoms. The third-order valence-electron chi connectivity index (χ3n) is 5.98. The molecule has 2 aliphatic carbocycles. The summed E-state index contributed by atoms with van der Waals surface area (Å²) >= 11 is 0. The number of alkyl halides is 3. The van der Waals surface area contributed by atoms with Gasteiger partial charge in [0.15, 0.2) is 0 Å². The van der Waals surface area contributed by atoms with Gasteiger partial charge in [-0.15, -0.1) is 0 Å². The van der Waals surface area contributed by atoms with Crippen LogP contribution in [0.25, 0.3) is 11.0 Å². The minimum Gasteiger partial charge on any atom is -0.342 e. The lowest BCUT2D eigenvalue weighted by atomic mass is 10.1. The summed E-state index contributed by atoms with van der Waals surface area (Å²) in [4.78, 5) is 33.1. The number of benzene rings is 2. The lowest BCUT2D eigenvalue weighted by Crippen LogP contribution is -2.47. The molecule has 32 heavy (non-hydrogen) atoms. The van der Waals surface area contributed by atoms with E-state index in [9.17, 15) is 27.2 Å². The van der Waals surface area contributed by atoms with E-state index in [1.54, 1.807) is 0 Å². The summed E-state index contributed by atoms with van der Waals surface area (Å²) in [6.07, 6.45) is -3.35. The lowest BCUT2D eigenvalue weighted by Gasteiger charge is -2.18. The number of aromatic amines is 1. The number of aromatic nitrogens is 2. The van der Waals surface area contributed by atoms with Crippen molar-refractivity contribution in [2.45, 2.75) is 36.9 Å². The van der Waals surface area contributed by atoms with Gasteiger partial charge in [0.2, 0.25) is 11.8 Å². The minimum atomic E-state index is -4.68. The molecule has 0 spiro atoms. The zero-order valence-electron chi connectivity index (χ0n) is 16.6. The number of amides is 2. The van der Waals surface area contributed by atoms with Crippen molar-refractivity contribution in [3.63, 3.8) is 0 Å². The van der Waals surface area contributed by atoms with E-state index in [1.807, 2.05) is 24.3 Å². The molecule has 2 atom stereocenters. The molecular formula is C22H18F4N4O2. The molecule has 0 aliphatic heterocycles. The first kappa shape index (κ1) is 20.5. The number of carbonyl (C=O) groups excluding carboxylic acids is 2. The van der Waals surface area contributed by atoms with Crippen molar-refractivity contribution >= 4 is 28.5 Å². The SMILES string of the molecule is O=C(NC1(C(=O)Nc2ccc(C(F)(F)F)cc2F)CC1)[C@H]1C[C@@H]1c1nc2ccccc2[nH]1. The largest absolute Gasteiger partial charge is 0.416 e. The molecule has 0 unspecified atom stereocenters. The molecule has 3 aromatic rings. The molecule has 2 amide bonds. The zero-order valence-corrected chi connectivity index (χ0v) is 16.6. The van der Waals surface area contributed by atoms with Gasteiger partial charge in [-0.2, -0.15) is 13.2 Å². The fourth-order valence-electron chi connectivity index (χ4n) is 3.83. The van der Waals surface area contributed by atoms with Crippen LogP contribution in [0.5, 0.6) is 0 Å². The number of H-pyrrole nitrogens is 1. The zero-order chi connectivity index (χ0) is 22.7. The molecule has 2 aromatic carbocycles. The standard InChI is InChI=1S/C22H18F4N4O2/c23-14-9-11(22(24,25)26)5-6-15(14)29-20(32)21(7-8-21)30-19(31)13-10-12(13)18-27-16-3-1-2-4-17(16)28-18/h1-6,9,12-13H,7-8,10H2,(H,27,28)(H,29,32)(H,30,31)/t12-,13-/m0/s1. The summed E-state index contributed by atoms with van der Waals surface area (Å²) < 4.78 is 52.1. The van der Waals surface area contributed by atoms with Crippen LogP contribution in [0.2, 0.25) is 0 Å². The number of rotatable bonds is 5. The average Bonchev–Trinajstić information content (AvgIpc) is 3.65. The van der Waals surface area contributed by atoms with Gasteiger partial charge in [0, 0.05) is 11.8 Å². The first-order valence-corrected chi connectivity index (χ1v) is 10.1. The number of anilines is 1. The summed E-state index contributed by atoms with van der Waals surface area (Å²) in [5, 5.41) is 5.05. The van der Waals surface area contributed by atoms with E-state index in [0.717, 1.165) is 17.1 Å². The normalized spacial score (nSPS) is 21.2. The van der Waals surface area contributed by atoms with Crippen molar-refractivity contribution in [2.75, 3.05) is 5.32 Å². The van der Waals surface area contributed by atoms with Gasteiger partial charge in [-0.25, -0.2) is 9.37 Å². The van der Waals surface area contributed by atoms with Crippen molar-refractivity contribution in [1.82, 2.24) is 15.3 Å². The fourth-order valence-corrected chi connectivity index (χ4v) is 3.83. The molecule has 0 bridgehead atoms. The van der Waals surface area contributed by atoms with Crippen LogP contribution >= 0.6 is 0 Å². The second kappa shape index (κ2) is 7.04. The Morgan fingerprint density at radius 3 is 2.53 bits per heavy atom. The van der Waals surface area contributed by atoms with Crippen molar-refractivity contribution in [1.29, 1.82) is 0 Å². The van der Waals surface area contributed by atoms with Crippen LogP contribution in [0.15, 0.2) is 42.5 Å². The average molecular weight is 446 g/mol. The van der Waals surface area contributed by atoms with Gasteiger partial charge in [-0.3, -0.25) is 9.59 Å². The number of fused-ring (bicyclic) bond motifs is 1. The molecule has 6 nitrogen and oxygen atoms in total. The third kappa shape index (κ3) is 3.69. The molecule has 0 radical (unpaired) electrons. The summed E-state index contributed by atoms with van der Waals surface area (Å²) in [6.45, 7) is 0. The van der Waals surface area contributed by atoms with Gasteiger partial charge in [-0.05, 0) is 49.6 Å². The number of hydrogen-bond acceptors (Lipinski definition) is 3. The topological polar surface area (TPSA) is 86.9 Å². The number of carbonyl (C=O) groups is 2. The van der Waals surface area contributed by atoms with Crippen LogP contribution in [0, 0.1) is 11.7 Å². The van der Waals surface area contributed by atoms with E-state index in [4.69, 9.17) is 0 Å². The Balaban J connectivity index is 1.23. The molecule has 1 aromatic heterocycles. The van der Waals surface area contributed by atoms with Crippen molar-refractivity contribution in [2.24, 2.45) is 5.92 Å². The number of halogens is 4. The summed E-state index contributed by atoms with van der Waals surface area (Å²) in [6, 6.07) is 9.42. The van der Waals surface area contributed by atoms with Crippen LogP contribution in [-0.2, 0) is 15.8 Å². The van der Waals surface area contributed by atoms with Crippen molar-refractivity contribution in [3.05, 3.63) is 59.7 Å². The highest BCUT2D eigenvalue weighted by molar-refractivity contribution is 6.03. The number of para-hydroxylation sites is 2. The van der Waals surface area contributed by atoms with Crippen LogP contribution in [0.3, 0.4) is 0 Å². The number of nitrogens with one attached hydrogen (secondary N) is 3. The fraction of sp³-hybridized carbons (Fsp3) is 0.318. The van der Waals surface area contributed by atoms with Gasteiger partial charge in [-0.1, -0.05) is 12.1 Å². The third-order valence-corrected chi connectivity index (χ3v) is 5.98. The molecule has 5 rings (SSSR count). The van der Waals surface area contributed by atoms with Gasteiger partial charge in [0.25, 0.3) is 0 Å². The van der Waals surface area contributed by atoms with E-state index >= 15 is 0 Å². The van der Waals surface area contributed by atoms with E-state index in [-0.39, 0.29) is 23.4 Å². The molecule has 0 saturated heterocycles. The van der Waals surface area contributed by atoms with Gasteiger partial charge < -0.3 is 15.6 Å². The molecule has 1 heterocycles. The minimum absolute atomic E-state index is 0.0754. The molecular weight excluding hydrogens is 428 g/mol. The predicted molar refractivity (Wildman–Crippen MR) is 107 cm³/mol. The van der Waals surface area contributed by atoms with Gasteiger partial charge in [0.05, 0.1) is 22.3 Å². The maximum Gasteiger partial charge on any atom is 0.416 e. The molecule has 2 saturated carbocycles. The number of nitrogens with zero attached hydrogens (tertiary/aromatic N) is 1. The Morgan fingerprint density at radius 1 is 1.12 bits per heavy atom.